The van der Waals surface area contributed by atoms with Crippen molar-refractivity contribution in [3.63, 3.8) is 0 Å². The van der Waals surface area contributed by atoms with Crippen LogP contribution in [-0.2, 0) is 10.0 Å². The molecule has 0 aromatic heterocycles. The zero-order valence-corrected chi connectivity index (χ0v) is 11.5. The lowest BCUT2D eigenvalue weighted by Crippen LogP contribution is -2.36. The van der Waals surface area contributed by atoms with Crippen molar-refractivity contribution in [1.29, 1.82) is 0 Å². The summed E-state index contributed by atoms with van der Waals surface area (Å²) >= 11 is 0. The monoisotopic (exact) mass is 266 g/mol. The second-order valence-corrected chi connectivity index (χ2v) is 6.34. The summed E-state index contributed by atoms with van der Waals surface area (Å²) in [5, 5.41) is 0. The Morgan fingerprint density at radius 2 is 1.72 bits per heavy atom. The van der Waals surface area contributed by atoms with E-state index in [4.69, 9.17) is 0 Å². The van der Waals surface area contributed by atoms with Crippen LogP contribution in [0.4, 0.5) is 0 Å². The van der Waals surface area contributed by atoms with Crippen LogP contribution in [0.15, 0.2) is 40.4 Å². The number of hydrogen-bond donors (Lipinski definition) is 2. The minimum Gasteiger partial charge on any atom is -0.312 e. The van der Waals surface area contributed by atoms with E-state index in [1.807, 2.05) is 13.8 Å². The first-order valence-corrected chi connectivity index (χ1v) is 7.50. The van der Waals surface area contributed by atoms with E-state index >= 15 is 0 Å². The Morgan fingerprint density at radius 3 is 2.28 bits per heavy atom. The van der Waals surface area contributed by atoms with E-state index in [1.54, 1.807) is 24.3 Å². The SMILES string of the molecule is CC1=C(NNS(=O)(=O)c2ccc(C)cc2)CCC1. The first kappa shape index (κ1) is 13.1. The fraction of sp³-hybridized carbons (Fsp3) is 0.385. The Kier molecular flexibility index (Phi) is 3.73. The first-order chi connectivity index (χ1) is 8.49. The van der Waals surface area contributed by atoms with Gasteiger partial charge in [-0.1, -0.05) is 23.3 Å². The molecule has 4 nitrogen and oxygen atoms in total. The van der Waals surface area contributed by atoms with Gasteiger partial charge < -0.3 is 5.43 Å². The van der Waals surface area contributed by atoms with Gasteiger partial charge in [-0.3, -0.25) is 0 Å². The van der Waals surface area contributed by atoms with E-state index < -0.39 is 10.0 Å². The molecule has 0 aliphatic heterocycles. The molecule has 5 heteroatoms. The summed E-state index contributed by atoms with van der Waals surface area (Å²) in [7, 11) is -3.48. The lowest BCUT2D eigenvalue weighted by molar-refractivity contribution is 0.568. The number of allylic oxidation sites excluding steroid dienone is 2. The molecule has 2 N–H and O–H groups in total. The van der Waals surface area contributed by atoms with E-state index in [0.717, 1.165) is 30.5 Å². The maximum Gasteiger partial charge on any atom is 0.257 e. The molecule has 0 amide bonds. The predicted octanol–water partition coefficient (Wildman–Crippen LogP) is 2.24. The van der Waals surface area contributed by atoms with Gasteiger partial charge in [-0.15, -0.1) is 4.83 Å². The average Bonchev–Trinajstić information content (AvgIpc) is 2.73. The molecule has 0 spiro atoms. The molecule has 0 fully saturated rings. The summed E-state index contributed by atoms with van der Waals surface area (Å²) in [6.45, 7) is 3.95. The summed E-state index contributed by atoms with van der Waals surface area (Å²) in [5.41, 5.74) is 6.08. The summed E-state index contributed by atoms with van der Waals surface area (Å²) < 4.78 is 24.0. The number of hydrazine groups is 1. The van der Waals surface area contributed by atoms with Gasteiger partial charge in [0.1, 0.15) is 0 Å². The van der Waals surface area contributed by atoms with Crippen LogP contribution in [-0.4, -0.2) is 8.42 Å². The maximum atomic E-state index is 12.0. The van der Waals surface area contributed by atoms with E-state index in [1.165, 1.54) is 5.57 Å². The fourth-order valence-electron chi connectivity index (χ4n) is 1.97. The van der Waals surface area contributed by atoms with Crippen molar-refractivity contribution < 1.29 is 8.42 Å². The minimum absolute atomic E-state index is 0.275. The molecular formula is C13H18N2O2S. The Labute approximate surface area is 108 Å². The second-order valence-electron chi connectivity index (χ2n) is 4.66. The van der Waals surface area contributed by atoms with Crippen molar-refractivity contribution in [2.24, 2.45) is 0 Å². The minimum atomic E-state index is -3.48. The molecule has 1 aromatic rings. The van der Waals surface area contributed by atoms with Crippen molar-refractivity contribution in [3.05, 3.63) is 41.1 Å². The Hall–Kier alpha value is -1.33. The molecule has 0 saturated carbocycles. The van der Waals surface area contributed by atoms with Gasteiger partial charge in [0.25, 0.3) is 10.0 Å². The van der Waals surface area contributed by atoms with Crippen LogP contribution in [0.25, 0.3) is 0 Å². The van der Waals surface area contributed by atoms with E-state index in [-0.39, 0.29) is 4.90 Å². The van der Waals surface area contributed by atoms with Crippen LogP contribution in [0, 0.1) is 6.92 Å². The molecule has 0 atom stereocenters. The van der Waals surface area contributed by atoms with Crippen LogP contribution in [0.1, 0.15) is 31.7 Å². The highest BCUT2D eigenvalue weighted by molar-refractivity contribution is 7.89. The number of sulfonamides is 1. The summed E-state index contributed by atoms with van der Waals surface area (Å²) in [6, 6.07) is 6.79. The highest BCUT2D eigenvalue weighted by atomic mass is 32.2. The first-order valence-electron chi connectivity index (χ1n) is 6.02. The molecule has 1 aliphatic carbocycles. The van der Waals surface area contributed by atoms with Crippen LogP contribution in [0.5, 0.6) is 0 Å². The summed E-state index contributed by atoms with van der Waals surface area (Å²) in [6.07, 6.45) is 3.03. The number of rotatable bonds is 4. The van der Waals surface area contributed by atoms with E-state index in [9.17, 15) is 8.42 Å². The normalized spacial score (nSPS) is 16.1. The average molecular weight is 266 g/mol. The third-order valence-corrected chi connectivity index (χ3v) is 4.42. The Bertz CT molecular complexity index is 559. The number of benzene rings is 1. The molecule has 18 heavy (non-hydrogen) atoms. The van der Waals surface area contributed by atoms with Crippen LogP contribution in [0.3, 0.4) is 0 Å². The highest BCUT2D eigenvalue weighted by Crippen LogP contribution is 2.22. The number of hydrogen-bond acceptors (Lipinski definition) is 3. The van der Waals surface area contributed by atoms with Crippen LogP contribution in [0.2, 0.25) is 0 Å². The molecule has 0 heterocycles. The topological polar surface area (TPSA) is 58.2 Å². The molecule has 1 aliphatic rings. The van der Waals surface area contributed by atoms with Crippen LogP contribution < -0.4 is 10.3 Å². The zero-order chi connectivity index (χ0) is 13.2. The molecule has 0 saturated heterocycles. The van der Waals surface area contributed by atoms with Gasteiger partial charge in [0, 0.05) is 5.70 Å². The largest absolute Gasteiger partial charge is 0.312 e. The Balaban J connectivity index is 2.08. The molecule has 98 valence electrons. The van der Waals surface area contributed by atoms with Crippen molar-refractivity contribution in [3.8, 4) is 0 Å². The molecule has 0 radical (unpaired) electrons. The van der Waals surface area contributed by atoms with Gasteiger partial charge in [-0.2, -0.15) is 0 Å². The zero-order valence-electron chi connectivity index (χ0n) is 10.7. The third kappa shape index (κ3) is 2.91. The standard InChI is InChI=1S/C13H18N2O2S/c1-10-6-8-12(9-7-10)18(16,17)15-14-13-5-3-4-11(13)2/h6-9,14-15H,3-5H2,1-2H3. The van der Waals surface area contributed by atoms with Crippen LogP contribution >= 0.6 is 0 Å². The van der Waals surface area contributed by atoms with E-state index in [2.05, 4.69) is 10.3 Å². The van der Waals surface area contributed by atoms with Crippen molar-refractivity contribution in [1.82, 2.24) is 10.3 Å². The quantitative estimate of drug-likeness (QED) is 0.822. The summed E-state index contributed by atoms with van der Waals surface area (Å²) in [5.74, 6) is 0. The van der Waals surface area contributed by atoms with Crippen molar-refractivity contribution >= 4 is 10.0 Å². The van der Waals surface area contributed by atoms with Gasteiger partial charge >= 0.3 is 0 Å². The summed E-state index contributed by atoms with van der Waals surface area (Å²) in [4.78, 5) is 2.71. The van der Waals surface area contributed by atoms with Gasteiger partial charge in [-0.05, 0) is 45.2 Å². The number of nitrogens with one attached hydrogen (secondary N) is 2. The molecule has 0 bridgehead atoms. The smallest absolute Gasteiger partial charge is 0.257 e. The van der Waals surface area contributed by atoms with Gasteiger partial charge in [0.05, 0.1) is 4.90 Å². The number of aryl methyl sites for hydroxylation is 1. The lowest BCUT2D eigenvalue weighted by Gasteiger charge is -2.11. The van der Waals surface area contributed by atoms with E-state index in [0.29, 0.717) is 0 Å². The molecular weight excluding hydrogens is 248 g/mol. The van der Waals surface area contributed by atoms with Gasteiger partial charge in [-0.25, -0.2) is 8.42 Å². The van der Waals surface area contributed by atoms with Gasteiger partial charge in [0.2, 0.25) is 0 Å². The second kappa shape index (κ2) is 5.12. The van der Waals surface area contributed by atoms with Gasteiger partial charge in [0.15, 0.2) is 0 Å². The molecule has 0 unspecified atom stereocenters. The van der Waals surface area contributed by atoms with Crippen molar-refractivity contribution in [2.75, 3.05) is 0 Å². The maximum absolute atomic E-state index is 12.0. The highest BCUT2D eigenvalue weighted by Gasteiger charge is 2.16. The molecule has 1 aromatic carbocycles. The molecule has 2 rings (SSSR count). The third-order valence-electron chi connectivity index (χ3n) is 3.16. The predicted molar refractivity (Wildman–Crippen MR) is 71.2 cm³/mol. The Morgan fingerprint density at radius 1 is 1.06 bits per heavy atom. The lowest BCUT2D eigenvalue weighted by atomic mass is 10.2. The van der Waals surface area contributed by atoms with Crippen molar-refractivity contribution in [2.45, 2.75) is 38.0 Å². The fourth-order valence-corrected chi connectivity index (χ4v) is 2.84.